The van der Waals surface area contributed by atoms with Crippen molar-refractivity contribution in [2.24, 2.45) is 0 Å². The number of piperazine rings is 1. The Kier molecular flexibility index (Phi) is 3.83. The summed E-state index contributed by atoms with van der Waals surface area (Å²) >= 11 is 0. The van der Waals surface area contributed by atoms with Crippen molar-refractivity contribution in [1.29, 1.82) is 0 Å². The van der Waals surface area contributed by atoms with Crippen LogP contribution in [-0.2, 0) is 0 Å². The molecule has 18 heavy (non-hydrogen) atoms. The molecule has 2 heterocycles. The third kappa shape index (κ3) is 2.80. The fourth-order valence-electron chi connectivity index (χ4n) is 1.89. The van der Waals surface area contributed by atoms with E-state index in [1.807, 2.05) is 11.0 Å². The molecule has 96 valence electrons. The van der Waals surface area contributed by atoms with Gasteiger partial charge in [0.05, 0.1) is 4.92 Å². The van der Waals surface area contributed by atoms with E-state index in [0.717, 1.165) is 32.7 Å². The maximum Gasteiger partial charge on any atom is 0.305 e. The van der Waals surface area contributed by atoms with E-state index in [-0.39, 0.29) is 5.69 Å². The Morgan fingerprint density at radius 2 is 1.94 bits per heavy atom. The van der Waals surface area contributed by atoms with Gasteiger partial charge in [0.1, 0.15) is 12.4 Å². The molecule has 0 unspecified atom stereocenters. The predicted molar refractivity (Wildman–Crippen MR) is 67.5 cm³/mol. The first kappa shape index (κ1) is 12.4. The molecular weight excluding hydrogens is 234 g/mol. The quantitative estimate of drug-likeness (QED) is 0.444. The highest BCUT2D eigenvalue weighted by Crippen LogP contribution is 2.13. The summed E-state index contributed by atoms with van der Waals surface area (Å²) in [6.45, 7) is 8.09. The van der Waals surface area contributed by atoms with Gasteiger partial charge in [0, 0.05) is 32.7 Å². The molecule has 1 saturated heterocycles. The summed E-state index contributed by atoms with van der Waals surface area (Å²) in [7, 11) is 0. The van der Waals surface area contributed by atoms with Crippen LogP contribution in [-0.4, -0.2) is 52.5 Å². The van der Waals surface area contributed by atoms with Crippen LogP contribution in [0.5, 0.6) is 0 Å². The van der Waals surface area contributed by atoms with E-state index < -0.39 is 4.92 Å². The van der Waals surface area contributed by atoms with E-state index >= 15 is 0 Å². The van der Waals surface area contributed by atoms with Crippen LogP contribution >= 0.6 is 0 Å². The minimum absolute atomic E-state index is 0.0796. The zero-order chi connectivity index (χ0) is 13.0. The second kappa shape index (κ2) is 5.54. The van der Waals surface area contributed by atoms with Crippen LogP contribution in [0.2, 0.25) is 0 Å². The maximum absolute atomic E-state index is 10.5. The van der Waals surface area contributed by atoms with E-state index in [1.165, 1.54) is 12.4 Å². The lowest BCUT2D eigenvalue weighted by molar-refractivity contribution is -0.385. The minimum Gasteiger partial charge on any atom is -0.338 e. The summed E-state index contributed by atoms with van der Waals surface area (Å²) < 4.78 is 0. The van der Waals surface area contributed by atoms with E-state index in [9.17, 15) is 10.1 Å². The molecule has 1 aromatic rings. The van der Waals surface area contributed by atoms with Crippen LogP contribution in [0.15, 0.2) is 25.0 Å². The second-order valence-electron chi connectivity index (χ2n) is 4.07. The Labute approximate surface area is 105 Å². The van der Waals surface area contributed by atoms with Gasteiger partial charge in [-0.25, -0.2) is 9.97 Å². The van der Waals surface area contributed by atoms with Crippen LogP contribution in [0.3, 0.4) is 0 Å². The van der Waals surface area contributed by atoms with Crippen molar-refractivity contribution in [3.8, 4) is 0 Å². The molecule has 0 saturated carbocycles. The number of nitrogens with zero attached hydrogens (tertiary/aromatic N) is 5. The van der Waals surface area contributed by atoms with Gasteiger partial charge in [-0.3, -0.25) is 15.0 Å². The van der Waals surface area contributed by atoms with Gasteiger partial charge in [0.15, 0.2) is 0 Å². The Morgan fingerprint density at radius 3 is 2.44 bits per heavy atom. The van der Waals surface area contributed by atoms with Crippen molar-refractivity contribution in [2.75, 3.05) is 37.6 Å². The van der Waals surface area contributed by atoms with Gasteiger partial charge in [-0.2, -0.15) is 0 Å². The average molecular weight is 249 g/mol. The molecule has 1 aliphatic heterocycles. The van der Waals surface area contributed by atoms with Crippen molar-refractivity contribution >= 4 is 11.6 Å². The zero-order valence-electron chi connectivity index (χ0n) is 10.0. The lowest BCUT2D eigenvalue weighted by Gasteiger charge is -2.33. The SMILES string of the molecule is C=CCN1CCN(c2ncc([N+](=O)[O-])cn2)CC1. The van der Waals surface area contributed by atoms with Crippen molar-refractivity contribution in [2.45, 2.75) is 0 Å². The summed E-state index contributed by atoms with van der Waals surface area (Å²) in [5, 5.41) is 10.5. The second-order valence-corrected chi connectivity index (χ2v) is 4.07. The Balaban J connectivity index is 1.97. The van der Waals surface area contributed by atoms with Crippen molar-refractivity contribution < 1.29 is 4.92 Å². The van der Waals surface area contributed by atoms with Crippen molar-refractivity contribution in [3.05, 3.63) is 35.2 Å². The molecule has 0 aromatic carbocycles. The van der Waals surface area contributed by atoms with E-state index in [1.54, 1.807) is 0 Å². The molecule has 1 fully saturated rings. The standard InChI is InChI=1S/C11H15N5O2/c1-2-3-14-4-6-15(7-5-14)11-12-8-10(9-13-11)16(17)18/h2,8-9H,1,3-7H2. The van der Waals surface area contributed by atoms with Crippen molar-refractivity contribution in [3.63, 3.8) is 0 Å². The first-order valence-electron chi connectivity index (χ1n) is 5.75. The fraction of sp³-hybridized carbons (Fsp3) is 0.455. The van der Waals surface area contributed by atoms with Gasteiger partial charge in [-0.1, -0.05) is 6.08 Å². The Morgan fingerprint density at radius 1 is 1.33 bits per heavy atom. The Hall–Kier alpha value is -2.02. The Bertz CT molecular complexity index is 426. The fourth-order valence-corrected chi connectivity index (χ4v) is 1.89. The molecule has 0 bridgehead atoms. The molecule has 0 N–H and O–H groups in total. The number of nitro groups is 1. The zero-order valence-corrected chi connectivity index (χ0v) is 10.0. The molecule has 0 amide bonds. The first-order chi connectivity index (χ1) is 8.70. The van der Waals surface area contributed by atoms with Crippen LogP contribution in [0, 0.1) is 10.1 Å². The van der Waals surface area contributed by atoms with Gasteiger partial charge in [-0.15, -0.1) is 6.58 Å². The van der Waals surface area contributed by atoms with E-state index in [2.05, 4.69) is 21.4 Å². The first-order valence-corrected chi connectivity index (χ1v) is 5.75. The lowest BCUT2D eigenvalue weighted by atomic mass is 10.3. The summed E-state index contributed by atoms with van der Waals surface area (Å²) in [5.74, 6) is 0.554. The summed E-state index contributed by atoms with van der Waals surface area (Å²) in [6.07, 6.45) is 4.38. The van der Waals surface area contributed by atoms with Crippen LogP contribution in [0.1, 0.15) is 0 Å². The van der Waals surface area contributed by atoms with Crippen LogP contribution < -0.4 is 4.90 Å². The number of hydrogen-bond donors (Lipinski definition) is 0. The lowest BCUT2D eigenvalue weighted by Crippen LogP contribution is -2.46. The molecule has 1 aliphatic rings. The molecule has 0 radical (unpaired) electrons. The highest BCUT2D eigenvalue weighted by Gasteiger charge is 2.18. The number of rotatable bonds is 4. The highest BCUT2D eigenvalue weighted by molar-refractivity contribution is 5.34. The van der Waals surface area contributed by atoms with Crippen molar-refractivity contribution in [1.82, 2.24) is 14.9 Å². The molecule has 0 spiro atoms. The normalized spacial score (nSPS) is 16.6. The third-order valence-electron chi connectivity index (χ3n) is 2.88. The van der Waals surface area contributed by atoms with E-state index in [4.69, 9.17) is 0 Å². The van der Waals surface area contributed by atoms with Gasteiger partial charge in [0.25, 0.3) is 0 Å². The maximum atomic E-state index is 10.5. The van der Waals surface area contributed by atoms with Gasteiger partial charge < -0.3 is 4.90 Å². The topological polar surface area (TPSA) is 75.4 Å². The molecule has 0 aliphatic carbocycles. The van der Waals surface area contributed by atoms with Crippen LogP contribution in [0.25, 0.3) is 0 Å². The molecule has 7 heteroatoms. The largest absolute Gasteiger partial charge is 0.338 e. The summed E-state index contributed by atoms with van der Waals surface area (Å²) in [6, 6.07) is 0. The summed E-state index contributed by atoms with van der Waals surface area (Å²) in [4.78, 5) is 22.4. The average Bonchev–Trinajstić information content (AvgIpc) is 2.40. The van der Waals surface area contributed by atoms with Gasteiger partial charge >= 0.3 is 5.69 Å². The smallest absolute Gasteiger partial charge is 0.305 e. The van der Waals surface area contributed by atoms with Crippen LogP contribution in [0.4, 0.5) is 11.6 Å². The molecular formula is C11H15N5O2. The number of hydrogen-bond acceptors (Lipinski definition) is 6. The number of aromatic nitrogens is 2. The monoisotopic (exact) mass is 249 g/mol. The summed E-state index contributed by atoms with van der Waals surface area (Å²) in [5.41, 5.74) is -0.0796. The molecule has 7 nitrogen and oxygen atoms in total. The van der Waals surface area contributed by atoms with Gasteiger partial charge in [-0.05, 0) is 0 Å². The number of anilines is 1. The third-order valence-corrected chi connectivity index (χ3v) is 2.88. The predicted octanol–water partition coefficient (Wildman–Crippen LogP) is 0.693. The molecule has 2 rings (SSSR count). The highest BCUT2D eigenvalue weighted by atomic mass is 16.6. The molecule has 0 atom stereocenters. The van der Waals surface area contributed by atoms with Gasteiger partial charge in [0.2, 0.25) is 5.95 Å². The molecule has 1 aromatic heterocycles. The minimum atomic E-state index is -0.494. The van der Waals surface area contributed by atoms with E-state index in [0.29, 0.717) is 5.95 Å².